The molecule has 1 saturated heterocycles. The molecule has 0 radical (unpaired) electrons. The summed E-state index contributed by atoms with van der Waals surface area (Å²) in [4.78, 5) is 32.3. The summed E-state index contributed by atoms with van der Waals surface area (Å²) in [6.07, 6.45) is -2.61. The lowest BCUT2D eigenvalue weighted by molar-refractivity contribution is -0.137. The molecule has 3 rings (SSSR count). The maximum atomic E-state index is 12.7. The summed E-state index contributed by atoms with van der Waals surface area (Å²) in [5, 5.41) is 0. The van der Waals surface area contributed by atoms with E-state index in [4.69, 9.17) is 0 Å². The Labute approximate surface area is 178 Å². The SMILES string of the molecule is CN(C)c1cccc(C(=O)NNC(=O)C2CCN(c3ccc(C(F)(F)F)cn3)CC2)c1. The molecule has 2 aromatic rings. The van der Waals surface area contributed by atoms with Crippen LogP contribution in [0.4, 0.5) is 24.7 Å². The maximum absolute atomic E-state index is 12.7. The van der Waals surface area contributed by atoms with Crippen molar-refractivity contribution in [2.45, 2.75) is 19.0 Å². The molecule has 0 bridgehead atoms. The third-order valence-electron chi connectivity index (χ3n) is 5.19. The normalized spacial score (nSPS) is 14.8. The first-order valence-corrected chi connectivity index (χ1v) is 9.81. The quantitative estimate of drug-likeness (QED) is 0.723. The molecule has 0 aliphatic carbocycles. The number of nitrogens with one attached hydrogen (secondary N) is 2. The number of benzene rings is 1. The van der Waals surface area contributed by atoms with Crippen molar-refractivity contribution in [2.75, 3.05) is 37.0 Å². The fourth-order valence-corrected chi connectivity index (χ4v) is 3.33. The number of halogens is 3. The van der Waals surface area contributed by atoms with Crippen LogP contribution in [0.25, 0.3) is 0 Å². The molecular formula is C21H24F3N5O2. The Morgan fingerprint density at radius 3 is 2.39 bits per heavy atom. The zero-order valence-electron chi connectivity index (χ0n) is 17.2. The van der Waals surface area contributed by atoms with Gasteiger partial charge in [0.1, 0.15) is 5.82 Å². The number of hydrogen-bond donors (Lipinski definition) is 2. The Morgan fingerprint density at radius 1 is 1.10 bits per heavy atom. The van der Waals surface area contributed by atoms with E-state index in [0.717, 1.165) is 18.0 Å². The average molecular weight is 435 g/mol. The van der Waals surface area contributed by atoms with Gasteiger partial charge >= 0.3 is 6.18 Å². The smallest absolute Gasteiger partial charge is 0.378 e. The van der Waals surface area contributed by atoms with Crippen LogP contribution < -0.4 is 20.7 Å². The lowest BCUT2D eigenvalue weighted by Crippen LogP contribution is -2.47. The van der Waals surface area contributed by atoms with Crippen LogP contribution in [0.3, 0.4) is 0 Å². The summed E-state index contributed by atoms with van der Waals surface area (Å²) in [6.45, 7) is 0.963. The van der Waals surface area contributed by atoms with Crippen LogP contribution in [-0.4, -0.2) is 44.0 Å². The number of rotatable bonds is 4. The second-order valence-corrected chi connectivity index (χ2v) is 7.55. The summed E-state index contributed by atoms with van der Waals surface area (Å²) in [7, 11) is 3.73. The topological polar surface area (TPSA) is 77.6 Å². The van der Waals surface area contributed by atoms with Gasteiger partial charge in [-0.15, -0.1) is 0 Å². The number of hydrogen-bond acceptors (Lipinski definition) is 5. The number of hydrazine groups is 1. The van der Waals surface area contributed by atoms with Crippen molar-refractivity contribution in [3.63, 3.8) is 0 Å². The number of carbonyl (C=O) groups is 2. The summed E-state index contributed by atoms with van der Waals surface area (Å²) in [5.74, 6) is -0.569. The second-order valence-electron chi connectivity index (χ2n) is 7.55. The van der Waals surface area contributed by atoms with Crippen molar-refractivity contribution in [2.24, 2.45) is 5.92 Å². The molecule has 2 heterocycles. The van der Waals surface area contributed by atoms with Crippen molar-refractivity contribution in [3.05, 3.63) is 53.7 Å². The fourth-order valence-electron chi connectivity index (χ4n) is 3.33. The van der Waals surface area contributed by atoms with Gasteiger partial charge in [-0.3, -0.25) is 20.4 Å². The molecule has 1 aromatic heterocycles. The average Bonchev–Trinajstić information content (AvgIpc) is 2.77. The van der Waals surface area contributed by atoms with E-state index in [1.807, 2.05) is 30.0 Å². The largest absolute Gasteiger partial charge is 0.417 e. The first-order valence-electron chi connectivity index (χ1n) is 9.81. The Bertz CT molecular complexity index is 923. The van der Waals surface area contributed by atoms with E-state index >= 15 is 0 Å². The van der Waals surface area contributed by atoms with E-state index in [0.29, 0.717) is 37.3 Å². The Morgan fingerprint density at radius 2 is 1.81 bits per heavy atom. The van der Waals surface area contributed by atoms with E-state index in [9.17, 15) is 22.8 Å². The zero-order valence-corrected chi connectivity index (χ0v) is 17.2. The maximum Gasteiger partial charge on any atom is 0.417 e. The summed E-state index contributed by atoms with van der Waals surface area (Å²) in [6, 6.07) is 9.35. The molecule has 1 fully saturated rings. The van der Waals surface area contributed by atoms with Gasteiger partial charge in [0, 0.05) is 50.6 Å². The number of carbonyl (C=O) groups excluding carboxylic acids is 2. The fraction of sp³-hybridized carbons (Fsp3) is 0.381. The van der Waals surface area contributed by atoms with Crippen molar-refractivity contribution in [1.82, 2.24) is 15.8 Å². The molecule has 0 saturated carbocycles. The predicted octanol–water partition coefficient (Wildman–Crippen LogP) is 2.84. The minimum absolute atomic E-state index is 0.294. The van der Waals surface area contributed by atoms with Crippen molar-refractivity contribution < 1.29 is 22.8 Å². The standard InChI is InChI=1S/C21H24F3N5O2/c1-28(2)17-5-3-4-15(12-17)20(31)27-26-19(30)14-8-10-29(11-9-14)18-7-6-16(13-25-18)21(22,23)24/h3-7,12-14H,8-11H2,1-2H3,(H,26,30)(H,27,31). The second kappa shape index (κ2) is 9.23. The lowest BCUT2D eigenvalue weighted by atomic mass is 9.96. The Hall–Kier alpha value is -3.30. The van der Waals surface area contributed by atoms with Crippen molar-refractivity contribution >= 4 is 23.3 Å². The van der Waals surface area contributed by atoms with Crippen molar-refractivity contribution in [1.29, 1.82) is 0 Å². The molecule has 2 N–H and O–H groups in total. The van der Waals surface area contributed by atoms with Gasteiger partial charge in [-0.2, -0.15) is 13.2 Å². The van der Waals surface area contributed by atoms with Crippen LogP contribution in [0.15, 0.2) is 42.6 Å². The lowest BCUT2D eigenvalue weighted by Gasteiger charge is -2.32. The summed E-state index contributed by atoms with van der Waals surface area (Å²) in [5.41, 5.74) is 5.40. The number of amides is 2. The minimum atomic E-state index is -4.42. The van der Waals surface area contributed by atoms with E-state index in [2.05, 4.69) is 15.8 Å². The molecule has 1 aliphatic heterocycles. The number of aromatic nitrogens is 1. The van der Waals surface area contributed by atoms with Gasteiger partial charge in [-0.1, -0.05) is 6.07 Å². The molecule has 166 valence electrons. The molecule has 1 aromatic carbocycles. The first-order chi connectivity index (χ1) is 14.6. The van der Waals surface area contributed by atoms with Gasteiger partial charge in [0.05, 0.1) is 5.56 Å². The minimum Gasteiger partial charge on any atom is -0.378 e. The van der Waals surface area contributed by atoms with E-state index in [1.165, 1.54) is 6.07 Å². The number of pyridine rings is 1. The van der Waals surface area contributed by atoms with Gasteiger partial charge in [0.15, 0.2) is 0 Å². The highest BCUT2D eigenvalue weighted by Crippen LogP contribution is 2.30. The molecule has 31 heavy (non-hydrogen) atoms. The number of piperidine rings is 1. The zero-order chi connectivity index (χ0) is 22.6. The first kappa shape index (κ1) is 22.4. The van der Waals surface area contributed by atoms with Gasteiger partial charge in [-0.05, 0) is 43.2 Å². The highest BCUT2D eigenvalue weighted by Gasteiger charge is 2.31. The third kappa shape index (κ3) is 5.65. The Balaban J connectivity index is 1.49. The van der Waals surface area contributed by atoms with Crippen LogP contribution in [0.5, 0.6) is 0 Å². The molecule has 10 heteroatoms. The van der Waals surface area contributed by atoms with Crippen LogP contribution in [0, 0.1) is 5.92 Å². The predicted molar refractivity (Wildman–Crippen MR) is 111 cm³/mol. The van der Waals surface area contributed by atoms with E-state index in [-0.39, 0.29) is 11.8 Å². The van der Waals surface area contributed by atoms with E-state index in [1.54, 1.807) is 18.2 Å². The summed E-state index contributed by atoms with van der Waals surface area (Å²) < 4.78 is 38.0. The third-order valence-corrected chi connectivity index (χ3v) is 5.19. The van der Waals surface area contributed by atoms with Crippen molar-refractivity contribution in [3.8, 4) is 0 Å². The van der Waals surface area contributed by atoms with Crippen LogP contribution >= 0.6 is 0 Å². The van der Waals surface area contributed by atoms with Gasteiger partial charge in [0.25, 0.3) is 5.91 Å². The molecular weight excluding hydrogens is 411 g/mol. The highest BCUT2D eigenvalue weighted by atomic mass is 19.4. The van der Waals surface area contributed by atoms with Gasteiger partial charge < -0.3 is 9.80 Å². The van der Waals surface area contributed by atoms with E-state index < -0.39 is 17.6 Å². The van der Waals surface area contributed by atoms with Gasteiger partial charge in [-0.25, -0.2) is 4.98 Å². The number of nitrogens with zero attached hydrogens (tertiary/aromatic N) is 3. The molecule has 0 spiro atoms. The van der Waals surface area contributed by atoms with Crippen LogP contribution in [-0.2, 0) is 11.0 Å². The Kier molecular flexibility index (Phi) is 6.67. The number of anilines is 2. The molecule has 1 aliphatic rings. The number of alkyl halides is 3. The van der Waals surface area contributed by atoms with Crippen LogP contribution in [0.1, 0.15) is 28.8 Å². The molecule has 0 unspecified atom stereocenters. The molecule has 7 nitrogen and oxygen atoms in total. The van der Waals surface area contributed by atoms with Crippen LogP contribution in [0.2, 0.25) is 0 Å². The molecule has 0 atom stereocenters. The summed E-state index contributed by atoms with van der Waals surface area (Å²) >= 11 is 0. The van der Waals surface area contributed by atoms with Gasteiger partial charge in [0.2, 0.25) is 5.91 Å². The molecule has 2 amide bonds. The monoisotopic (exact) mass is 435 g/mol. The highest BCUT2D eigenvalue weighted by molar-refractivity contribution is 5.96.